The molecule has 1 aromatic carbocycles. The zero-order valence-electron chi connectivity index (χ0n) is 17.9. The van der Waals surface area contributed by atoms with Crippen LogP contribution in [0.3, 0.4) is 0 Å². The van der Waals surface area contributed by atoms with Gasteiger partial charge >= 0.3 is 6.09 Å². The minimum atomic E-state index is -3.97. The van der Waals surface area contributed by atoms with E-state index in [4.69, 9.17) is 14.7 Å². The van der Waals surface area contributed by atoms with Crippen LogP contribution in [-0.4, -0.2) is 62.5 Å². The molecule has 0 spiro atoms. The molecule has 1 aliphatic carbocycles. The van der Waals surface area contributed by atoms with E-state index in [0.717, 1.165) is 30.9 Å². The number of ether oxygens (including phenoxy) is 2. The van der Waals surface area contributed by atoms with E-state index in [2.05, 4.69) is 11.8 Å². The Bertz CT molecular complexity index is 1080. The number of nitrogens with zero attached hydrogens (tertiary/aromatic N) is 1. The lowest BCUT2D eigenvalue weighted by Crippen LogP contribution is -2.51. The molecule has 2 amide bonds. The second-order valence-electron chi connectivity index (χ2n) is 8.23. The number of rotatable bonds is 6. The molecule has 0 unspecified atom stereocenters. The maximum absolute atomic E-state index is 14.7. The number of hydrogen-bond acceptors (Lipinski definition) is 7. The fourth-order valence-electron chi connectivity index (χ4n) is 3.65. The fraction of sp³-hybridized carbons (Fsp3) is 0.524. The molecule has 1 heterocycles. The van der Waals surface area contributed by atoms with Gasteiger partial charge in [-0.3, -0.25) is 14.9 Å². The molecule has 3 rings (SSSR count). The Morgan fingerprint density at radius 2 is 2.12 bits per heavy atom. The van der Waals surface area contributed by atoms with Gasteiger partial charge in [-0.1, -0.05) is 11.8 Å². The number of sulfone groups is 1. The van der Waals surface area contributed by atoms with Crippen LogP contribution < -0.4 is 10.4 Å². The van der Waals surface area contributed by atoms with Gasteiger partial charge < -0.3 is 9.47 Å². The quantitative estimate of drug-likeness (QED) is 0.370. The van der Waals surface area contributed by atoms with Crippen molar-refractivity contribution in [2.24, 2.45) is 5.92 Å². The average Bonchev–Trinajstić information content (AvgIpc) is 3.05. The molecule has 1 saturated heterocycles. The van der Waals surface area contributed by atoms with Crippen LogP contribution >= 0.6 is 0 Å². The molecular weight excluding hydrogens is 443 g/mol. The zero-order chi connectivity index (χ0) is 23.7. The third kappa shape index (κ3) is 4.72. The summed E-state index contributed by atoms with van der Waals surface area (Å²) in [5.41, 5.74) is 1.75. The van der Waals surface area contributed by atoms with Crippen molar-refractivity contribution in [3.63, 3.8) is 0 Å². The highest BCUT2D eigenvalue weighted by molar-refractivity contribution is 7.92. The number of halogens is 1. The molecule has 2 aliphatic rings. The number of methoxy groups -OCH3 is 1. The minimum Gasteiger partial charge on any atom is -0.444 e. The molecule has 0 aromatic heterocycles. The number of anilines is 1. The Morgan fingerprint density at radius 1 is 1.44 bits per heavy atom. The van der Waals surface area contributed by atoms with Gasteiger partial charge in [0.15, 0.2) is 14.6 Å². The number of nitrogens with one attached hydrogen (secondary N) is 1. The third-order valence-corrected chi connectivity index (χ3v) is 7.97. The number of hydroxylamine groups is 1. The van der Waals surface area contributed by atoms with Gasteiger partial charge in [0, 0.05) is 31.3 Å². The lowest BCUT2D eigenvalue weighted by molar-refractivity contribution is -0.132. The first kappa shape index (κ1) is 24.0. The van der Waals surface area contributed by atoms with Crippen LogP contribution in [0.4, 0.5) is 14.9 Å². The first-order chi connectivity index (χ1) is 15.0. The second kappa shape index (κ2) is 9.05. The number of cyclic esters (lactones) is 1. The van der Waals surface area contributed by atoms with E-state index in [0.29, 0.717) is 5.56 Å². The normalized spacial score (nSPS) is 24.6. The van der Waals surface area contributed by atoms with E-state index < -0.39 is 44.9 Å². The lowest BCUT2D eigenvalue weighted by Gasteiger charge is -2.30. The van der Waals surface area contributed by atoms with Crippen LogP contribution in [0.25, 0.3) is 0 Å². The van der Waals surface area contributed by atoms with Crippen molar-refractivity contribution in [3.05, 3.63) is 29.6 Å². The molecule has 9 nitrogen and oxygen atoms in total. The minimum absolute atomic E-state index is 0.0428. The van der Waals surface area contributed by atoms with Gasteiger partial charge in [0.05, 0.1) is 18.3 Å². The molecule has 0 radical (unpaired) electrons. The van der Waals surface area contributed by atoms with Crippen LogP contribution in [0.1, 0.15) is 31.7 Å². The summed E-state index contributed by atoms with van der Waals surface area (Å²) in [6, 6.07) is 4.20. The zero-order valence-corrected chi connectivity index (χ0v) is 18.7. The van der Waals surface area contributed by atoms with Crippen molar-refractivity contribution >= 4 is 27.5 Å². The molecule has 1 saturated carbocycles. The number of hydrogen-bond donors (Lipinski definition) is 2. The monoisotopic (exact) mass is 468 g/mol. The van der Waals surface area contributed by atoms with Crippen LogP contribution in [-0.2, 0) is 24.1 Å². The van der Waals surface area contributed by atoms with E-state index in [1.54, 1.807) is 13.2 Å². The van der Waals surface area contributed by atoms with Gasteiger partial charge in [-0.15, -0.1) is 0 Å². The fourth-order valence-corrected chi connectivity index (χ4v) is 4.53. The molecule has 1 aliphatic heterocycles. The van der Waals surface area contributed by atoms with E-state index >= 15 is 0 Å². The first-order valence-electron chi connectivity index (χ1n) is 9.94. The molecule has 32 heavy (non-hydrogen) atoms. The first-order valence-corrected chi connectivity index (χ1v) is 11.8. The SMILES string of the molecule is CO[C@H]1C[C@H](C#Cc2ccc(N3C[C@H](C[C@](C)(C(=O)NO)S(C)(=O)=O)OC3=O)c(F)c2)C1. The molecule has 174 valence electrons. The Hall–Kier alpha value is -2.68. The summed E-state index contributed by atoms with van der Waals surface area (Å²) in [7, 11) is -2.32. The topological polar surface area (TPSA) is 122 Å². The smallest absolute Gasteiger partial charge is 0.414 e. The molecule has 2 fully saturated rings. The number of carbonyl (C=O) groups is 2. The van der Waals surface area contributed by atoms with Crippen molar-refractivity contribution in [2.75, 3.05) is 24.8 Å². The molecule has 11 heteroatoms. The largest absolute Gasteiger partial charge is 0.444 e. The summed E-state index contributed by atoms with van der Waals surface area (Å²) >= 11 is 0. The van der Waals surface area contributed by atoms with Crippen molar-refractivity contribution in [1.82, 2.24) is 5.48 Å². The van der Waals surface area contributed by atoms with Gasteiger partial charge in [0.2, 0.25) is 0 Å². The standard InChI is InChI=1S/C21H25FN2O7S/c1-21(19(25)23-27,32(3,28)29)11-16-12-24(20(26)31-16)18-7-6-13(10-17(18)22)4-5-14-8-15(9-14)30-2/h6-7,10,14-16,27H,8-9,11-12H2,1-3H3,(H,23,25)/t14-,15-,16-,21+/m0/s1. The van der Waals surface area contributed by atoms with Crippen LogP contribution in [0.5, 0.6) is 0 Å². The Morgan fingerprint density at radius 3 is 2.69 bits per heavy atom. The Balaban J connectivity index is 1.72. The highest BCUT2D eigenvalue weighted by atomic mass is 32.2. The number of amides is 2. The van der Waals surface area contributed by atoms with Gasteiger partial charge in [-0.2, -0.15) is 0 Å². The Labute approximate surface area is 185 Å². The van der Waals surface area contributed by atoms with E-state index in [9.17, 15) is 22.4 Å². The molecule has 0 bridgehead atoms. The van der Waals surface area contributed by atoms with Crippen molar-refractivity contribution in [3.8, 4) is 11.8 Å². The molecule has 2 atom stereocenters. The summed E-state index contributed by atoms with van der Waals surface area (Å²) < 4.78 is 47.3. The molecular formula is C21H25FN2O7S. The summed E-state index contributed by atoms with van der Waals surface area (Å²) in [4.78, 5) is 25.3. The van der Waals surface area contributed by atoms with E-state index in [-0.39, 0.29) is 24.3 Å². The molecule has 1 aromatic rings. The highest BCUT2D eigenvalue weighted by Crippen LogP contribution is 2.32. The summed E-state index contributed by atoms with van der Waals surface area (Å²) in [5, 5.41) is 8.93. The van der Waals surface area contributed by atoms with Gasteiger partial charge in [-0.25, -0.2) is 23.1 Å². The van der Waals surface area contributed by atoms with Crippen molar-refractivity contribution in [1.29, 1.82) is 0 Å². The molecule has 2 N–H and O–H groups in total. The summed E-state index contributed by atoms with van der Waals surface area (Å²) in [6.45, 7) is 0.959. The maximum Gasteiger partial charge on any atom is 0.414 e. The van der Waals surface area contributed by atoms with E-state index in [1.165, 1.54) is 17.6 Å². The van der Waals surface area contributed by atoms with Gasteiger partial charge in [0.1, 0.15) is 11.9 Å². The van der Waals surface area contributed by atoms with E-state index in [1.807, 2.05) is 0 Å². The third-order valence-electron chi connectivity index (χ3n) is 5.98. The Kier molecular flexibility index (Phi) is 6.78. The van der Waals surface area contributed by atoms with Crippen LogP contribution in [0, 0.1) is 23.6 Å². The van der Waals surface area contributed by atoms with Crippen LogP contribution in [0.2, 0.25) is 0 Å². The predicted octanol–water partition coefficient (Wildman–Crippen LogP) is 1.63. The predicted molar refractivity (Wildman–Crippen MR) is 112 cm³/mol. The van der Waals surface area contributed by atoms with Crippen molar-refractivity contribution in [2.45, 2.75) is 43.1 Å². The maximum atomic E-state index is 14.7. The lowest BCUT2D eigenvalue weighted by atomic mass is 9.83. The number of benzene rings is 1. The number of carbonyl (C=O) groups excluding carboxylic acids is 2. The van der Waals surface area contributed by atoms with Crippen LogP contribution in [0.15, 0.2) is 18.2 Å². The van der Waals surface area contributed by atoms with Gasteiger partial charge in [-0.05, 0) is 38.0 Å². The highest BCUT2D eigenvalue weighted by Gasteiger charge is 2.48. The summed E-state index contributed by atoms with van der Waals surface area (Å²) in [5.74, 6) is 4.37. The second-order valence-corrected chi connectivity index (χ2v) is 10.7. The van der Waals surface area contributed by atoms with Crippen molar-refractivity contribution < 1.29 is 37.1 Å². The summed E-state index contributed by atoms with van der Waals surface area (Å²) in [6.07, 6.45) is 0.455. The average molecular weight is 469 g/mol. The van der Waals surface area contributed by atoms with Gasteiger partial charge in [0.25, 0.3) is 5.91 Å².